The van der Waals surface area contributed by atoms with Crippen LogP contribution in [0.5, 0.6) is 11.5 Å². The molecule has 1 N–H and O–H groups in total. The van der Waals surface area contributed by atoms with Gasteiger partial charge in [0.25, 0.3) is 15.9 Å². The van der Waals surface area contributed by atoms with E-state index in [1.54, 1.807) is 36.4 Å². The van der Waals surface area contributed by atoms with Gasteiger partial charge in [0.1, 0.15) is 13.2 Å². The van der Waals surface area contributed by atoms with Gasteiger partial charge in [-0.05, 0) is 89.4 Å². The topological polar surface area (TPSA) is 97.3 Å². The molecular formula is C31H29BrClN3O5S. The lowest BCUT2D eigenvalue weighted by molar-refractivity contribution is -0.119. The number of sulfonamides is 1. The van der Waals surface area contributed by atoms with E-state index in [1.165, 1.54) is 43.2 Å². The van der Waals surface area contributed by atoms with Gasteiger partial charge in [-0.25, -0.2) is 13.8 Å². The third-order valence-electron chi connectivity index (χ3n) is 6.17. The number of rotatable bonds is 11. The molecule has 0 saturated carbocycles. The number of halogens is 2. The van der Waals surface area contributed by atoms with Crippen LogP contribution in [0.25, 0.3) is 0 Å². The number of aryl methyl sites for hydroxylation is 2. The molecule has 0 bridgehead atoms. The van der Waals surface area contributed by atoms with Crippen LogP contribution in [0.1, 0.15) is 22.3 Å². The molecule has 0 saturated heterocycles. The van der Waals surface area contributed by atoms with Gasteiger partial charge in [-0.3, -0.25) is 9.10 Å². The maximum absolute atomic E-state index is 13.5. The summed E-state index contributed by atoms with van der Waals surface area (Å²) >= 11 is 9.52. The molecule has 0 spiro atoms. The van der Waals surface area contributed by atoms with Crippen molar-refractivity contribution in [3.63, 3.8) is 0 Å². The van der Waals surface area contributed by atoms with Crippen molar-refractivity contribution in [2.45, 2.75) is 25.3 Å². The zero-order valence-electron chi connectivity index (χ0n) is 23.2. The highest BCUT2D eigenvalue weighted by Crippen LogP contribution is 2.37. The van der Waals surface area contributed by atoms with Crippen molar-refractivity contribution in [2.75, 3.05) is 18.0 Å². The highest BCUT2D eigenvalue weighted by Gasteiger charge is 2.27. The Morgan fingerprint density at radius 3 is 2.21 bits per heavy atom. The molecule has 4 aromatic carbocycles. The molecule has 42 heavy (non-hydrogen) atoms. The van der Waals surface area contributed by atoms with E-state index in [2.05, 4.69) is 26.5 Å². The summed E-state index contributed by atoms with van der Waals surface area (Å²) in [5, 5.41) is 4.47. The summed E-state index contributed by atoms with van der Waals surface area (Å²) in [6, 6.07) is 24.1. The fraction of sp³-hybridized carbons (Fsp3) is 0.161. The molecule has 218 valence electrons. The largest absolute Gasteiger partial charge is 0.493 e. The third-order valence-corrected chi connectivity index (χ3v) is 8.80. The Morgan fingerprint density at radius 2 is 1.60 bits per heavy atom. The van der Waals surface area contributed by atoms with Gasteiger partial charge < -0.3 is 9.47 Å². The average Bonchev–Trinajstić information content (AvgIpc) is 2.96. The highest BCUT2D eigenvalue weighted by molar-refractivity contribution is 9.10. The van der Waals surface area contributed by atoms with Crippen molar-refractivity contribution in [3.05, 3.63) is 117 Å². The minimum Gasteiger partial charge on any atom is -0.493 e. The number of amides is 1. The summed E-state index contributed by atoms with van der Waals surface area (Å²) in [5.41, 5.74) is 6.40. The van der Waals surface area contributed by atoms with Crippen molar-refractivity contribution in [3.8, 4) is 11.5 Å². The Morgan fingerprint density at radius 1 is 0.976 bits per heavy atom. The van der Waals surface area contributed by atoms with Crippen LogP contribution in [0.2, 0.25) is 5.02 Å². The van der Waals surface area contributed by atoms with E-state index >= 15 is 0 Å². The summed E-state index contributed by atoms with van der Waals surface area (Å²) in [4.78, 5) is 12.9. The first-order valence-corrected chi connectivity index (χ1v) is 15.4. The molecule has 11 heteroatoms. The maximum Gasteiger partial charge on any atom is 0.264 e. The second kappa shape index (κ2) is 13.9. The van der Waals surface area contributed by atoms with Crippen molar-refractivity contribution in [2.24, 2.45) is 5.10 Å². The zero-order chi connectivity index (χ0) is 30.3. The minimum atomic E-state index is -4.06. The lowest BCUT2D eigenvalue weighted by atomic mass is 10.2. The number of ether oxygens (including phenoxy) is 2. The van der Waals surface area contributed by atoms with Gasteiger partial charge in [0.2, 0.25) is 0 Å². The number of hydrazone groups is 1. The van der Waals surface area contributed by atoms with Gasteiger partial charge in [-0.15, -0.1) is 0 Å². The molecule has 0 fully saturated rings. The maximum atomic E-state index is 13.5. The van der Waals surface area contributed by atoms with E-state index in [4.69, 9.17) is 21.1 Å². The van der Waals surface area contributed by atoms with Gasteiger partial charge in [-0.1, -0.05) is 59.1 Å². The molecule has 0 unspecified atom stereocenters. The van der Waals surface area contributed by atoms with E-state index in [1.807, 2.05) is 38.1 Å². The molecule has 0 aliphatic heterocycles. The van der Waals surface area contributed by atoms with Gasteiger partial charge in [0.15, 0.2) is 11.5 Å². The monoisotopic (exact) mass is 669 g/mol. The molecule has 0 radical (unpaired) electrons. The highest BCUT2D eigenvalue weighted by atomic mass is 79.9. The Kier molecular flexibility index (Phi) is 10.3. The lowest BCUT2D eigenvalue weighted by Crippen LogP contribution is -2.39. The Labute approximate surface area is 259 Å². The van der Waals surface area contributed by atoms with E-state index in [-0.39, 0.29) is 10.6 Å². The van der Waals surface area contributed by atoms with Gasteiger partial charge in [-0.2, -0.15) is 5.10 Å². The van der Waals surface area contributed by atoms with Crippen LogP contribution in [-0.2, 0) is 21.4 Å². The molecule has 0 atom stereocenters. The van der Waals surface area contributed by atoms with Crippen molar-refractivity contribution >= 4 is 55.4 Å². The standard InChI is InChI=1S/C31H29BrClN3O5S/c1-21-4-8-23(9-5-21)20-41-31-28(32)16-24(17-29(31)40-3)18-34-35-30(37)19-36(26-12-10-25(33)11-13-26)42(38,39)27-14-6-22(2)7-15-27/h4-18H,19-20H2,1-3H3,(H,35,37)/b34-18-. The molecule has 0 aromatic heterocycles. The number of nitrogens with zero attached hydrogens (tertiary/aromatic N) is 2. The van der Waals surface area contributed by atoms with Crippen LogP contribution in [-0.4, -0.2) is 34.2 Å². The van der Waals surface area contributed by atoms with Crippen LogP contribution in [0.4, 0.5) is 5.69 Å². The second-order valence-electron chi connectivity index (χ2n) is 9.40. The van der Waals surface area contributed by atoms with Gasteiger partial charge in [0, 0.05) is 5.02 Å². The van der Waals surface area contributed by atoms with Crippen molar-refractivity contribution in [1.82, 2.24) is 5.43 Å². The fourth-order valence-corrected chi connectivity index (χ4v) is 6.02. The summed E-state index contributed by atoms with van der Waals surface area (Å²) < 4.78 is 40.2. The first-order chi connectivity index (χ1) is 20.1. The summed E-state index contributed by atoms with van der Waals surface area (Å²) in [5.74, 6) is 0.363. The van der Waals surface area contributed by atoms with E-state index < -0.39 is 22.5 Å². The van der Waals surface area contributed by atoms with Crippen LogP contribution in [0.3, 0.4) is 0 Å². The first-order valence-electron chi connectivity index (χ1n) is 12.8. The summed E-state index contributed by atoms with van der Waals surface area (Å²) in [7, 11) is -2.53. The number of carbonyl (C=O) groups excluding carboxylic acids is 1. The van der Waals surface area contributed by atoms with E-state index in [9.17, 15) is 13.2 Å². The summed E-state index contributed by atoms with van der Waals surface area (Å²) in [6.07, 6.45) is 1.43. The number of benzene rings is 4. The summed E-state index contributed by atoms with van der Waals surface area (Å²) in [6.45, 7) is 3.73. The van der Waals surface area contributed by atoms with Gasteiger partial charge >= 0.3 is 0 Å². The molecule has 1 amide bonds. The van der Waals surface area contributed by atoms with Crippen LogP contribution in [0.15, 0.2) is 99.4 Å². The van der Waals surface area contributed by atoms with Crippen molar-refractivity contribution < 1.29 is 22.7 Å². The van der Waals surface area contributed by atoms with Crippen LogP contribution >= 0.6 is 27.5 Å². The molecule has 8 nitrogen and oxygen atoms in total. The molecule has 4 aromatic rings. The van der Waals surface area contributed by atoms with Crippen molar-refractivity contribution in [1.29, 1.82) is 0 Å². The van der Waals surface area contributed by atoms with E-state index in [0.29, 0.717) is 33.2 Å². The van der Waals surface area contributed by atoms with E-state index in [0.717, 1.165) is 15.4 Å². The molecule has 0 aliphatic carbocycles. The quantitative estimate of drug-likeness (QED) is 0.142. The number of nitrogens with one attached hydrogen (secondary N) is 1. The minimum absolute atomic E-state index is 0.0565. The zero-order valence-corrected chi connectivity index (χ0v) is 26.3. The average molecular weight is 671 g/mol. The Balaban J connectivity index is 1.48. The molecule has 0 aliphatic rings. The van der Waals surface area contributed by atoms with Crippen LogP contribution in [0, 0.1) is 13.8 Å². The fourth-order valence-electron chi connectivity index (χ4n) is 3.90. The third kappa shape index (κ3) is 7.90. The Bertz CT molecular complexity index is 1680. The second-order valence-corrected chi connectivity index (χ2v) is 12.6. The predicted octanol–water partition coefficient (Wildman–Crippen LogP) is 6.65. The lowest BCUT2D eigenvalue weighted by Gasteiger charge is -2.23. The van der Waals surface area contributed by atoms with Crippen LogP contribution < -0.4 is 19.2 Å². The smallest absolute Gasteiger partial charge is 0.264 e. The van der Waals surface area contributed by atoms with Gasteiger partial charge in [0.05, 0.1) is 28.4 Å². The number of carbonyl (C=O) groups is 1. The SMILES string of the molecule is COc1cc(/C=N\NC(=O)CN(c2ccc(Cl)cc2)S(=O)(=O)c2ccc(C)cc2)cc(Br)c1OCc1ccc(C)cc1. The molecule has 0 heterocycles. The number of hydrogen-bond acceptors (Lipinski definition) is 6. The first kappa shape index (κ1) is 31.1. The number of hydrogen-bond donors (Lipinski definition) is 1. The molecular weight excluding hydrogens is 642 g/mol. The predicted molar refractivity (Wildman–Crippen MR) is 169 cm³/mol. The Hall–Kier alpha value is -3.86. The number of anilines is 1. The molecule has 4 rings (SSSR count). The number of methoxy groups -OCH3 is 1. The normalized spacial score (nSPS) is 11.4.